The number of hydrogen-bond donors (Lipinski definition) is 2. The molecule has 1 amide bonds. The van der Waals surface area contributed by atoms with Crippen LogP contribution in [0, 0.1) is 5.41 Å². The topological polar surface area (TPSA) is 90.6 Å². The number of benzene rings is 1. The standard InChI is InChI=1S/C14H20N2O4/c1-9(17)10-5-6-11(12(7-10)19-4)20-8-14(2,3)13(18)16-15/h5-7H,8,15H2,1-4H3,(H,16,18). The van der Waals surface area contributed by atoms with Crippen LogP contribution in [0.25, 0.3) is 0 Å². The zero-order chi connectivity index (χ0) is 15.3. The Kier molecular flexibility index (Phi) is 5.10. The van der Waals surface area contributed by atoms with E-state index in [2.05, 4.69) is 5.43 Å². The molecule has 0 radical (unpaired) electrons. The number of ether oxygens (including phenoxy) is 2. The normalized spacial score (nSPS) is 10.8. The van der Waals surface area contributed by atoms with Gasteiger partial charge in [-0.05, 0) is 39.0 Å². The number of nitrogens with one attached hydrogen (secondary N) is 1. The van der Waals surface area contributed by atoms with Crippen LogP contribution in [0.15, 0.2) is 18.2 Å². The molecule has 0 saturated heterocycles. The van der Waals surface area contributed by atoms with E-state index in [-0.39, 0.29) is 18.3 Å². The van der Waals surface area contributed by atoms with Gasteiger partial charge in [-0.15, -0.1) is 0 Å². The molecule has 0 heterocycles. The largest absolute Gasteiger partial charge is 0.493 e. The van der Waals surface area contributed by atoms with Crippen molar-refractivity contribution in [3.8, 4) is 11.5 Å². The molecule has 3 N–H and O–H groups in total. The van der Waals surface area contributed by atoms with Crippen LogP contribution in [0.1, 0.15) is 31.1 Å². The molecule has 0 aliphatic carbocycles. The summed E-state index contributed by atoms with van der Waals surface area (Å²) in [5, 5.41) is 0. The quantitative estimate of drug-likeness (QED) is 0.355. The maximum atomic E-state index is 11.6. The molecule has 6 nitrogen and oxygen atoms in total. The van der Waals surface area contributed by atoms with Gasteiger partial charge in [0.1, 0.15) is 6.61 Å². The average Bonchev–Trinajstić information content (AvgIpc) is 2.43. The Labute approximate surface area is 118 Å². The van der Waals surface area contributed by atoms with Crippen molar-refractivity contribution in [2.45, 2.75) is 20.8 Å². The second-order valence-electron chi connectivity index (χ2n) is 5.07. The van der Waals surface area contributed by atoms with E-state index < -0.39 is 5.41 Å². The lowest BCUT2D eigenvalue weighted by molar-refractivity contribution is -0.130. The number of rotatable bonds is 6. The third-order valence-corrected chi connectivity index (χ3v) is 2.90. The summed E-state index contributed by atoms with van der Waals surface area (Å²) in [6, 6.07) is 4.90. The van der Waals surface area contributed by atoms with Crippen molar-refractivity contribution in [3.05, 3.63) is 23.8 Å². The molecule has 1 rings (SSSR count). The molecule has 1 aromatic rings. The maximum absolute atomic E-state index is 11.6. The van der Waals surface area contributed by atoms with Crippen molar-refractivity contribution >= 4 is 11.7 Å². The molecular weight excluding hydrogens is 260 g/mol. The predicted molar refractivity (Wildman–Crippen MR) is 74.6 cm³/mol. The first kappa shape index (κ1) is 16.0. The molecule has 6 heteroatoms. The molecule has 0 spiro atoms. The molecule has 0 aromatic heterocycles. The molecule has 0 saturated carbocycles. The lowest BCUT2D eigenvalue weighted by atomic mass is 9.94. The molecule has 20 heavy (non-hydrogen) atoms. The number of methoxy groups -OCH3 is 1. The van der Waals surface area contributed by atoms with E-state index in [1.54, 1.807) is 32.0 Å². The van der Waals surface area contributed by atoms with E-state index in [4.69, 9.17) is 15.3 Å². The molecule has 0 fully saturated rings. The van der Waals surface area contributed by atoms with Gasteiger partial charge in [-0.3, -0.25) is 15.0 Å². The highest BCUT2D eigenvalue weighted by Crippen LogP contribution is 2.30. The van der Waals surface area contributed by atoms with Crippen LogP contribution in [-0.4, -0.2) is 25.4 Å². The Bertz CT molecular complexity index is 512. The Morgan fingerprint density at radius 2 is 1.95 bits per heavy atom. The van der Waals surface area contributed by atoms with Crippen LogP contribution in [0.2, 0.25) is 0 Å². The van der Waals surface area contributed by atoms with Crippen LogP contribution in [-0.2, 0) is 4.79 Å². The maximum Gasteiger partial charge on any atom is 0.242 e. The van der Waals surface area contributed by atoms with Crippen molar-refractivity contribution in [3.63, 3.8) is 0 Å². The van der Waals surface area contributed by atoms with Gasteiger partial charge in [0.15, 0.2) is 17.3 Å². The number of Topliss-reactive ketones (excluding diaryl/α,β-unsaturated/α-hetero) is 1. The van der Waals surface area contributed by atoms with Crippen LogP contribution in [0.4, 0.5) is 0 Å². The van der Waals surface area contributed by atoms with Crippen molar-refractivity contribution in [2.75, 3.05) is 13.7 Å². The molecule has 0 aliphatic heterocycles. The van der Waals surface area contributed by atoms with Crippen molar-refractivity contribution in [2.24, 2.45) is 11.3 Å². The van der Waals surface area contributed by atoms with E-state index in [0.29, 0.717) is 17.1 Å². The van der Waals surface area contributed by atoms with Crippen molar-refractivity contribution < 1.29 is 19.1 Å². The fourth-order valence-electron chi connectivity index (χ4n) is 1.52. The lowest BCUT2D eigenvalue weighted by Crippen LogP contribution is -2.44. The van der Waals surface area contributed by atoms with Gasteiger partial charge >= 0.3 is 0 Å². The van der Waals surface area contributed by atoms with Gasteiger partial charge in [0.2, 0.25) is 5.91 Å². The summed E-state index contributed by atoms with van der Waals surface area (Å²) in [6.45, 7) is 5.03. The van der Waals surface area contributed by atoms with Crippen molar-refractivity contribution in [1.82, 2.24) is 5.43 Å². The highest BCUT2D eigenvalue weighted by atomic mass is 16.5. The fourth-order valence-corrected chi connectivity index (χ4v) is 1.52. The van der Waals surface area contributed by atoms with E-state index >= 15 is 0 Å². The first-order valence-corrected chi connectivity index (χ1v) is 6.14. The van der Waals surface area contributed by atoms with Crippen molar-refractivity contribution in [1.29, 1.82) is 0 Å². The highest BCUT2D eigenvalue weighted by molar-refractivity contribution is 5.94. The van der Waals surface area contributed by atoms with Crippen LogP contribution >= 0.6 is 0 Å². The average molecular weight is 280 g/mol. The van der Waals surface area contributed by atoms with Gasteiger partial charge in [0.05, 0.1) is 12.5 Å². The number of carbonyl (C=O) groups is 2. The van der Waals surface area contributed by atoms with E-state index in [1.807, 2.05) is 0 Å². The van der Waals surface area contributed by atoms with E-state index in [0.717, 1.165) is 0 Å². The van der Waals surface area contributed by atoms with Gasteiger partial charge in [-0.2, -0.15) is 0 Å². The first-order valence-electron chi connectivity index (χ1n) is 6.14. The zero-order valence-electron chi connectivity index (χ0n) is 12.1. The summed E-state index contributed by atoms with van der Waals surface area (Å²) < 4.78 is 10.8. The first-order chi connectivity index (χ1) is 9.31. The van der Waals surface area contributed by atoms with E-state index in [9.17, 15) is 9.59 Å². The summed E-state index contributed by atoms with van der Waals surface area (Å²) in [5.41, 5.74) is 1.86. The molecule has 0 atom stereocenters. The van der Waals surface area contributed by atoms with Gasteiger partial charge < -0.3 is 9.47 Å². The number of nitrogens with two attached hydrogens (primary N) is 1. The Morgan fingerprint density at radius 3 is 2.45 bits per heavy atom. The van der Waals surface area contributed by atoms with Crippen LogP contribution in [0.5, 0.6) is 11.5 Å². The third kappa shape index (κ3) is 3.71. The number of ketones is 1. The number of hydrogen-bond acceptors (Lipinski definition) is 5. The zero-order valence-corrected chi connectivity index (χ0v) is 12.1. The summed E-state index contributed by atoms with van der Waals surface area (Å²) in [5.74, 6) is 5.65. The Hall–Kier alpha value is -2.08. The van der Waals surface area contributed by atoms with Crippen LogP contribution in [0.3, 0.4) is 0 Å². The molecule has 0 unspecified atom stereocenters. The van der Waals surface area contributed by atoms with Gasteiger partial charge in [0, 0.05) is 5.56 Å². The summed E-state index contributed by atoms with van der Waals surface area (Å²) in [7, 11) is 1.49. The summed E-state index contributed by atoms with van der Waals surface area (Å²) >= 11 is 0. The minimum Gasteiger partial charge on any atom is -0.493 e. The monoisotopic (exact) mass is 280 g/mol. The fraction of sp³-hybridized carbons (Fsp3) is 0.429. The minimum absolute atomic E-state index is 0.0577. The van der Waals surface area contributed by atoms with Gasteiger partial charge in [-0.1, -0.05) is 0 Å². The second-order valence-corrected chi connectivity index (χ2v) is 5.07. The molecule has 1 aromatic carbocycles. The highest BCUT2D eigenvalue weighted by Gasteiger charge is 2.28. The smallest absolute Gasteiger partial charge is 0.242 e. The van der Waals surface area contributed by atoms with Gasteiger partial charge in [0.25, 0.3) is 0 Å². The van der Waals surface area contributed by atoms with E-state index in [1.165, 1.54) is 14.0 Å². The Morgan fingerprint density at radius 1 is 1.30 bits per heavy atom. The summed E-state index contributed by atoms with van der Waals surface area (Å²) in [6.07, 6.45) is 0. The number of amides is 1. The number of carbonyl (C=O) groups excluding carboxylic acids is 2. The lowest BCUT2D eigenvalue weighted by Gasteiger charge is -2.23. The minimum atomic E-state index is -0.779. The summed E-state index contributed by atoms with van der Waals surface area (Å²) in [4.78, 5) is 22.9. The molecule has 0 bridgehead atoms. The van der Waals surface area contributed by atoms with Gasteiger partial charge in [-0.25, -0.2) is 5.84 Å². The second kappa shape index (κ2) is 6.38. The predicted octanol–water partition coefficient (Wildman–Crippen LogP) is 1.29. The van der Waals surface area contributed by atoms with Crippen LogP contribution < -0.4 is 20.7 Å². The molecule has 0 aliphatic rings. The molecular formula is C14H20N2O4. The number of hydrazine groups is 1. The Balaban J connectivity index is 2.88. The molecule has 110 valence electrons. The third-order valence-electron chi connectivity index (χ3n) is 2.90. The SMILES string of the molecule is COc1cc(C(C)=O)ccc1OCC(C)(C)C(=O)NN.